The molecule has 0 aliphatic carbocycles. The molecular formula is C14H11F3N4. The van der Waals surface area contributed by atoms with Crippen LogP contribution in [-0.2, 0) is 12.7 Å². The summed E-state index contributed by atoms with van der Waals surface area (Å²) in [6, 6.07) is 7.00. The van der Waals surface area contributed by atoms with Gasteiger partial charge in [0.05, 0.1) is 11.8 Å². The van der Waals surface area contributed by atoms with E-state index in [1.54, 1.807) is 35.2 Å². The Morgan fingerprint density at radius 3 is 2.81 bits per heavy atom. The molecule has 0 unspecified atom stereocenters. The predicted octanol–water partition coefficient (Wildman–Crippen LogP) is 3.36. The number of fused-ring (bicyclic) bond motifs is 1. The molecule has 0 spiro atoms. The second-order valence-electron chi connectivity index (χ2n) is 4.49. The summed E-state index contributed by atoms with van der Waals surface area (Å²) in [6.45, 7) is 0.252. The number of halogens is 3. The SMILES string of the molecule is FC(F)(F)c1cccc(CNc2nccn3nccc23)c1. The highest BCUT2D eigenvalue weighted by atomic mass is 19.4. The van der Waals surface area contributed by atoms with E-state index in [4.69, 9.17) is 0 Å². The highest BCUT2D eigenvalue weighted by molar-refractivity contribution is 5.66. The van der Waals surface area contributed by atoms with Gasteiger partial charge in [0.25, 0.3) is 0 Å². The first kappa shape index (κ1) is 13.4. The molecule has 3 aromatic rings. The highest BCUT2D eigenvalue weighted by Crippen LogP contribution is 2.29. The van der Waals surface area contributed by atoms with Gasteiger partial charge in [-0.15, -0.1) is 0 Å². The molecule has 0 aliphatic heterocycles. The van der Waals surface area contributed by atoms with Crippen LogP contribution in [0.25, 0.3) is 5.52 Å². The van der Waals surface area contributed by atoms with Crippen LogP contribution in [0.5, 0.6) is 0 Å². The van der Waals surface area contributed by atoms with E-state index in [-0.39, 0.29) is 6.54 Å². The maximum absolute atomic E-state index is 12.7. The van der Waals surface area contributed by atoms with E-state index in [9.17, 15) is 13.2 Å². The van der Waals surface area contributed by atoms with Crippen LogP contribution in [0.2, 0.25) is 0 Å². The number of aromatic nitrogens is 3. The average Bonchev–Trinajstić information content (AvgIpc) is 2.93. The lowest BCUT2D eigenvalue weighted by molar-refractivity contribution is -0.137. The van der Waals surface area contributed by atoms with Crippen LogP contribution < -0.4 is 5.32 Å². The molecule has 0 atom stereocenters. The number of rotatable bonds is 3. The van der Waals surface area contributed by atoms with Gasteiger partial charge in [-0.25, -0.2) is 9.50 Å². The van der Waals surface area contributed by atoms with E-state index >= 15 is 0 Å². The molecule has 7 heteroatoms. The predicted molar refractivity (Wildman–Crippen MR) is 71.8 cm³/mol. The third kappa shape index (κ3) is 2.81. The Labute approximate surface area is 118 Å². The van der Waals surface area contributed by atoms with Crippen molar-refractivity contribution in [3.8, 4) is 0 Å². The minimum absolute atomic E-state index is 0.252. The number of nitrogens with one attached hydrogen (secondary N) is 1. The molecule has 0 aliphatic rings. The lowest BCUT2D eigenvalue weighted by Gasteiger charge is -2.10. The Bertz CT molecular complexity index is 764. The second-order valence-corrected chi connectivity index (χ2v) is 4.49. The van der Waals surface area contributed by atoms with Gasteiger partial charge in [0.2, 0.25) is 0 Å². The number of hydrogen-bond donors (Lipinski definition) is 1. The number of anilines is 1. The van der Waals surface area contributed by atoms with E-state index in [0.717, 1.165) is 17.6 Å². The molecular weight excluding hydrogens is 281 g/mol. The summed E-state index contributed by atoms with van der Waals surface area (Å²) >= 11 is 0. The molecule has 1 aromatic carbocycles. The fraction of sp³-hybridized carbons (Fsp3) is 0.143. The standard InChI is InChI=1S/C14H11F3N4/c15-14(16,17)11-3-1-2-10(8-11)9-19-13-12-4-5-20-21(12)7-6-18-13/h1-8H,9H2,(H,18,19). The lowest BCUT2D eigenvalue weighted by Crippen LogP contribution is -2.07. The van der Waals surface area contributed by atoms with Crippen molar-refractivity contribution < 1.29 is 13.2 Å². The van der Waals surface area contributed by atoms with Crippen molar-refractivity contribution in [2.24, 2.45) is 0 Å². The summed E-state index contributed by atoms with van der Waals surface area (Å²) in [4.78, 5) is 4.17. The first-order valence-electron chi connectivity index (χ1n) is 6.22. The Hall–Kier alpha value is -2.57. The van der Waals surface area contributed by atoms with Crippen LogP contribution in [0.1, 0.15) is 11.1 Å². The average molecular weight is 292 g/mol. The topological polar surface area (TPSA) is 42.2 Å². The minimum atomic E-state index is -4.33. The van der Waals surface area contributed by atoms with E-state index < -0.39 is 11.7 Å². The van der Waals surface area contributed by atoms with Gasteiger partial charge in [-0.1, -0.05) is 12.1 Å². The molecule has 0 radical (unpaired) electrons. The van der Waals surface area contributed by atoms with Gasteiger partial charge >= 0.3 is 6.18 Å². The largest absolute Gasteiger partial charge is 0.416 e. The Morgan fingerprint density at radius 2 is 2.00 bits per heavy atom. The molecule has 108 valence electrons. The summed E-state index contributed by atoms with van der Waals surface area (Å²) in [7, 11) is 0. The fourth-order valence-electron chi connectivity index (χ4n) is 2.04. The summed E-state index contributed by atoms with van der Waals surface area (Å²) in [5.74, 6) is 0.576. The zero-order valence-electron chi connectivity index (χ0n) is 10.8. The summed E-state index contributed by atoms with van der Waals surface area (Å²) < 4.78 is 39.6. The van der Waals surface area contributed by atoms with Crippen molar-refractivity contribution in [1.29, 1.82) is 0 Å². The molecule has 2 aromatic heterocycles. The smallest absolute Gasteiger partial charge is 0.364 e. The molecule has 2 heterocycles. The molecule has 21 heavy (non-hydrogen) atoms. The normalized spacial score (nSPS) is 11.8. The van der Waals surface area contributed by atoms with Crippen molar-refractivity contribution in [2.75, 3.05) is 5.32 Å². The molecule has 0 fully saturated rings. The summed E-state index contributed by atoms with van der Waals surface area (Å²) in [5, 5.41) is 7.10. The second kappa shape index (κ2) is 5.08. The Balaban J connectivity index is 1.80. The van der Waals surface area contributed by atoms with Crippen molar-refractivity contribution in [2.45, 2.75) is 12.7 Å². The highest BCUT2D eigenvalue weighted by Gasteiger charge is 2.30. The van der Waals surface area contributed by atoms with Gasteiger partial charge in [0.1, 0.15) is 5.52 Å². The third-order valence-corrected chi connectivity index (χ3v) is 3.04. The molecule has 4 nitrogen and oxygen atoms in total. The summed E-state index contributed by atoms with van der Waals surface area (Å²) in [6.07, 6.45) is 0.575. The van der Waals surface area contributed by atoms with E-state index in [1.165, 1.54) is 6.07 Å². The van der Waals surface area contributed by atoms with Crippen LogP contribution in [0, 0.1) is 0 Å². The maximum atomic E-state index is 12.7. The molecule has 0 amide bonds. The zero-order valence-corrected chi connectivity index (χ0v) is 10.8. The lowest BCUT2D eigenvalue weighted by atomic mass is 10.1. The van der Waals surface area contributed by atoms with Crippen molar-refractivity contribution in [3.05, 3.63) is 60.0 Å². The van der Waals surface area contributed by atoms with E-state index in [2.05, 4.69) is 15.4 Å². The quantitative estimate of drug-likeness (QED) is 0.805. The van der Waals surface area contributed by atoms with Gasteiger partial charge in [-0.05, 0) is 23.8 Å². The molecule has 3 rings (SSSR count). The molecule has 0 saturated heterocycles. The first-order chi connectivity index (χ1) is 10.0. The van der Waals surface area contributed by atoms with Crippen LogP contribution in [0.4, 0.5) is 19.0 Å². The van der Waals surface area contributed by atoms with E-state index in [0.29, 0.717) is 11.4 Å². The third-order valence-electron chi connectivity index (χ3n) is 3.04. The monoisotopic (exact) mass is 292 g/mol. The van der Waals surface area contributed by atoms with Crippen molar-refractivity contribution >= 4 is 11.3 Å². The van der Waals surface area contributed by atoms with Gasteiger partial charge in [-0.3, -0.25) is 0 Å². The Kier molecular flexibility index (Phi) is 3.25. The minimum Gasteiger partial charge on any atom is -0.364 e. The molecule has 1 N–H and O–H groups in total. The van der Waals surface area contributed by atoms with Crippen molar-refractivity contribution in [1.82, 2.24) is 14.6 Å². The molecule has 0 bridgehead atoms. The van der Waals surface area contributed by atoms with Gasteiger partial charge < -0.3 is 5.32 Å². The summed E-state index contributed by atoms with van der Waals surface area (Å²) in [5.41, 5.74) is 0.648. The Morgan fingerprint density at radius 1 is 1.14 bits per heavy atom. The van der Waals surface area contributed by atoms with Crippen LogP contribution in [-0.4, -0.2) is 14.6 Å². The van der Waals surface area contributed by atoms with Gasteiger partial charge in [0, 0.05) is 18.9 Å². The number of nitrogens with zero attached hydrogens (tertiary/aromatic N) is 3. The van der Waals surface area contributed by atoms with Crippen LogP contribution in [0.15, 0.2) is 48.9 Å². The van der Waals surface area contributed by atoms with Crippen LogP contribution in [0.3, 0.4) is 0 Å². The van der Waals surface area contributed by atoms with Crippen molar-refractivity contribution in [3.63, 3.8) is 0 Å². The maximum Gasteiger partial charge on any atom is 0.416 e. The molecule has 0 saturated carbocycles. The fourth-order valence-corrected chi connectivity index (χ4v) is 2.04. The van der Waals surface area contributed by atoms with Gasteiger partial charge in [0.15, 0.2) is 5.82 Å². The zero-order chi connectivity index (χ0) is 14.9. The number of hydrogen-bond acceptors (Lipinski definition) is 3. The number of alkyl halides is 3. The van der Waals surface area contributed by atoms with Crippen LogP contribution >= 0.6 is 0 Å². The van der Waals surface area contributed by atoms with E-state index in [1.807, 2.05) is 0 Å². The number of benzene rings is 1. The first-order valence-corrected chi connectivity index (χ1v) is 6.22. The van der Waals surface area contributed by atoms with Gasteiger partial charge in [-0.2, -0.15) is 18.3 Å².